The van der Waals surface area contributed by atoms with Crippen LogP contribution in [0.3, 0.4) is 0 Å². The second-order valence-electron chi connectivity index (χ2n) is 3.96. The van der Waals surface area contributed by atoms with Crippen molar-refractivity contribution in [3.8, 4) is 0 Å². The number of hydrogen-bond acceptors (Lipinski definition) is 5. The molecule has 0 amide bonds. The summed E-state index contributed by atoms with van der Waals surface area (Å²) in [6, 6.07) is 0. The molecule has 0 saturated carbocycles. The van der Waals surface area contributed by atoms with E-state index in [1.165, 1.54) is 4.31 Å². The van der Waals surface area contributed by atoms with Crippen molar-refractivity contribution >= 4 is 10.0 Å². The van der Waals surface area contributed by atoms with Gasteiger partial charge in [-0.1, -0.05) is 5.16 Å². The zero-order chi connectivity index (χ0) is 11.9. The fourth-order valence-electron chi connectivity index (χ4n) is 1.90. The minimum Gasteiger partial charge on any atom is -0.392 e. The van der Waals surface area contributed by atoms with Crippen molar-refractivity contribution < 1.29 is 18.0 Å². The normalized spacial score (nSPS) is 22.8. The molecule has 1 aromatic heterocycles. The maximum Gasteiger partial charge on any atom is 0.248 e. The fourth-order valence-corrected chi connectivity index (χ4v) is 3.68. The van der Waals surface area contributed by atoms with Gasteiger partial charge in [0, 0.05) is 13.1 Å². The molecule has 0 spiro atoms. The topological polar surface area (TPSA) is 83.6 Å². The molecule has 2 rings (SSSR count). The van der Waals surface area contributed by atoms with Crippen LogP contribution < -0.4 is 0 Å². The minimum atomic E-state index is -3.57. The van der Waals surface area contributed by atoms with Crippen LogP contribution in [-0.4, -0.2) is 42.2 Å². The number of hydrogen-bond donors (Lipinski definition) is 1. The number of aliphatic hydroxyl groups excluding tert-OH is 1. The van der Waals surface area contributed by atoms with Gasteiger partial charge in [0.1, 0.15) is 10.6 Å². The van der Waals surface area contributed by atoms with Gasteiger partial charge in [-0.2, -0.15) is 4.31 Å². The Bertz CT molecular complexity index is 474. The molecule has 0 bridgehead atoms. The molecular weight excluding hydrogens is 232 g/mol. The van der Waals surface area contributed by atoms with Crippen molar-refractivity contribution in [3.63, 3.8) is 0 Å². The predicted octanol–water partition coefficient (Wildman–Crippen LogP) is 0.0467. The molecule has 1 fully saturated rings. The molecule has 6 nitrogen and oxygen atoms in total. The van der Waals surface area contributed by atoms with Gasteiger partial charge in [0.05, 0.1) is 6.10 Å². The van der Waals surface area contributed by atoms with Crippen molar-refractivity contribution in [3.05, 3.63) is 11.5 Å². The highest BCUT2D eigenvalue weighted by molar-refractivity contribution is 7.89. The van der Waals surface area contributed by atoms with Crippen molar-refractivity contribution in [2.24, 2.45) is 0 Å². The van der Waals surface area contributed by atoms with Crippen LogP contribution >= 0.6 is 0 Å². The Kier molecular flexibility index (Phi) is 2.77. The third-order valence-electron chi connectivity index (χ3n) is 2.69. The lowest BCUT2D eigenvalue weighted by molar-refractivity contribution is 0.189. The number of sulfonamides is 1. The Morgan fingerprint density at radius 2 is 2.19 bits per heavy atom. The number of aryl methyl sites for hydroxylation is 2. The van der Waals surface area contributed by atoms with Gasteiger partial charge in [-0.05, 0) is 20.3 Å². The summed E-state index contributed by atoms with van der Waals surface area (Å²) < 4.78 is 30.5. The summed E-state index contributed by atoms with van der Waals surface area (Å²) in [5.74, 6) is 0.291. The van der Waals surface area contributed by atoms with Gasteiger partial charge in [0.2, 0.25) is 10.0 Å². The maximum absolute atomic E-state index is 12.2. The van der Waals surface area contributed by atoms with E-state index < -0.39 is 16.1 Å². The number of nitrogens with zero attached hydrogens (tertiary/aromatic N) is 2. The second-order valence-corrected chi connectivity index (χ2v) is 5.83. The summed E-state index contributed by atoms with van der Waals surface area (Å²) in [6.45, 7) is 3.65. The first-order valence-electron chi connectivity index (χ1n) is 5.04. The molecule has 0 unspecified atom stereocenters. The van der Waals surface area contributed by atoms with E-state index in [9.17, 15) is 13.5 Å². The summed E-state index contributed by atoms with van der Waals surface area (Å²) >= 11 is 0. The Balaban J connectivity index is 2.40. The van der Waals surface area contributed by atoms with Crippen LogP contribution in [0.4, 0.5) is 0 Å². The van der Waals surface area contributed by atoms with E-state index in [4.69, 9.17) is 4.52 Å². The first-order valence-corrected chi connectivity index (χ1v) is 6.48. The van der Waals surface area contributed by atoms with Gasteiger partial charge < -0.3 is 9.63 Å². The number of aromatic nitrogens is 1. The number of aliphatic hydroxyl groups is 1. The fraction of sp³-hybridized carbons (Fsp3) is 0.667. The lowest BCUT2D eigenvalue weighted by atomic mass is 10.3. The molecule has 1 saturated heterocycles. The molecule has 7 heteroatoms. The highest BCUT2D eigenvalue weighted by atomic mass is 32.2. The van der Waals surface area contributed by atoms with Crippen LogP contribution in [0.1, 0.15) is 17.9 Å². The SMILES string of the molecule is Cc1noc(C)c1S(=O)(=O)N1CC[C@@H](O)C1. The van der Waals surface area contributed by atoms with Crippen LogP contribution in [0, 0.1) is 13.8 Å². The molecule has 0 aromatic carbocycles. The molecule has 1 N–H and O–H groups in total. The van der Waals surface area contributed by atoms with Crippen LogP contribution in [0.5, 0.6) is 0 Å². The Morgan fingerprint density at radius 3 is 2.62 bits per heavy atom. The molecule has 0 radical (unpaired) electrons. The summed E-state index contributed by atoms with van der Waals surface area (Å²) in [5.41, 5.74) is 0.360. The number of β-amino-alcohol motifs (C(OH)–C–C–N with tert-alkyl or cyclic N) is 1. The molecule has 1 atom stereocenters. The van der Waals surface area contributed by atoms with E-state index in [2.05, 4.69) is 5.16 Å². The van der Waals surface area contributed by atoms with Crippen LogP contribution in [0.2, 0.25) is 0 Å². The van der Waals surface area contributed by atoms with Crippen LogP contribution in [0.15, 0.2) is 9.42 Å². The molecule has 0 aliphatic carbocycles. The van der Waals surface area contributed by atoms with Gasteiger partial charge in [-0.15, -0.1) is 0 Å². The Labute approximate surface area is 93.9 Å². The quantitative estimate of drug-likeness (QED) is 0.797. The van der Waals surface area contributed by atoms with E-state index in [0.29, 0.717) is 24.4 Å². The first kappa shape index (κ1) is 11.6. The van der Waals surface area contributed by atoms with Gasteiger partial charge in [-0.25, -0.2) is 8.42 Å². The van der Waals surface area contributed by atoms with Crippen molar-refractivity contribution in [1.82, 2.24) is 9.46 Å². The summed E-state index contributed by atoms with van der Waals surface area (Å²) in [5, 5.41) is 13.0. The first-order chi connectivity index (χ1) is 7.43. The standard InChI is InChI=1S/C9H14N2O4S/c1-6-9(7(2)15-10-6)16(13,14)11-4-3-8(12)5-11/h8,12H,3-5H2,1-2H3/t8-/m1/s1. The van der Waals surface area contributed by atoms with E-state index in [0.717, 1.165) is 0 Å². The van der Waals surface area contributed by atoms with E-state index in [-0.39, 0.29) is 11.4 Å². The molecule has 1 aliphatic heterocycles. The molecular formula is C9H14N2O4S. The van der Waals surface area contributed by atoms with E-state index in [1.807, 2.05) is 0 Å². The second kappa shape index (κ2) is 3.83. The van der Waals surface area contributed by atoms with Gasteiger partial charge in [0.15, 0.2) is 5.76 Å². The molecule has 2 heterocycles. The van der Waals surface area contributed by atoms with Crippen LogP contribution in [0.25, 0.3) is 0 Å². The largest absolute Gasteiger partial charge is 0.392 e. The monoisotopic (exact) mass is 246 g/mol. The van der Waals surface area contributed by atoms with Gasteiger partial charge >= 0.3 is 0 Å². The molecule has 1 aliphatic rings. The predicted molar refractivity (Wildman–Crippen MR) is 55.4 cm³/mol. The van der Waals surface area contributed by atoms with Crippen molar-refractivity contribution in [1.29, 1.82) is 0 Å². The van der Waals surface area contributed by atoms with Gasteiger partial charge in [0.25, 0.3) is 0 Å². The van der Waals surface area contributed by atoms with Crippen LogP contribution in [-0.2, 0) is 10.0 Å². The molecule has 1 aromatic rings. The summed E-state index contributed by atoms with van der Waals surface area (Å²) in [6.07, 6.45) is -0.0990. The van der Waals surface area contributed by atoms with Crippen molar-refractivity contribution in [2.75, 3.05) is 13.1 Å². The van der Waals surface area contributed by atoms with Crippen molar-refractivity contribution in [2.45, 2.75) is 31.3 Å². The lowest BCUT2D eigenvalue weighted by Crippen LogP contribution is -2.30. The smallest absolute Gasteiger partial charge is 0.248 e. The zero-order valence-corrected chi connectivity index (χ0v) is 9.99. The average Bonchev–Trinajstić information content (AvgIpc) is 2.74. The summed E-state index contributed by atoms with van der Waals surface area (Å²) in [4.78, 5) is 0.126. The minimum absolute atomic E-state index is 0.126. The zero-order valence-electron chi connectivity index (χ0n) is 9.17. The van der Waals surface area contributed by atoms with E-state index in [1.54, 1.807) is 13.8 Å². The molecule has 90 valence electrons. The lowest BCUT2D eigenvalue weighted by Gasteiger charge is -2.14. The van der Waals surface area contributed by atoms with E-state index >= 15 is 0 Å². The Hall–Kier alpha value is -0.920. The number of rotatable bonds is 2. The highest BCUT2D eigenvalue weighted by Gasteiger charge is 2.35. The Morgan fingerprint density at radius 1 is 1.50 bits per heavy atom. The third-order valence-corrected chi connectivity index (χ3v) is 4.80. The van der Waals surface area contributed by atoms with Gasteiger partial charge in [-0.3, -0.25) is 0 Å². The third kappa shape index (κ3) is 1.74. The highest BCUT2D eigenvalue weighted by Crippen LogP contribution is 2.25. The maximum atomic E-state index is 12.2. The summed E-state index contributed by atoms with van der Waals surface area (Å²) in [7, 11) is -3.57. The molecule has 16 heavy (non-hydrogen) atoms. The average molecular weight is 246 g/mol.